The monoisotopic (exact) mass is 266 g/mol. The molecule has 0 aliphatic carbocycles. The molecule has 0 spiro atoms. The lowest BCUT2D eigenvalue weighted by molar-refractivity contribution is 0.415. The lowest BCUT2D eigenvalue weighted by Gasteiger charge is -1.96. The number of rotatable bonds is 1. The largest absolute Gasteiger partial charge is 0.497 e. The maximum Gasteiger partial charge on any atom is 0.121 e. The van der Waals surface area contributed by atoms with Crippen LogP contribution in [0.4, 0.5) is 0 Å². The van der Waals surface area contributed by atoms with Crippen LogP contribution in [-0.2, 0) is 0 Å². The molecule has 0 atom stereocenters. The molecule has 0 aliphatic heterocycles. The van der Waals surface area contributed by atoms with Crippen molar-refractivity contribution in [1.29, 1.82) is 0 Å². The number of fused-ring (bicyclic) bond motifs is 2. The number of nitrogens with one attached hydrogen (secondary N) is 2. The number of aromatic amines is 2. The number of imidazole rings is 2. The molecule has 0 bridgehead atoms. The van der Waals surface area contributed by atoms with Crippen LogP contribution in [0.1, 0.15) is 0 Å². The maximum atomic E-state index is 5.04. The summed E-state index contributed by atoms with van der Waals surface area (Å²) in [6.07, 6.45) is 3.37. The molecule has 100 valence electrons. The standard InChI is InChI=1S/C8H8N2O.C7H6N2/c1-11-6-2-3-7-8(4-6)10-5-9-7;1-2-4-7-6(3-1)8-5-9-7/h2-5H,1H3,(H,9,10);1-5H,(H,8,9). The summed E-state index contributed by atoms with van der Waals surface area (Å²) in [5.74, 6) is 0.849. The predicted molar refractivity (Wildman–Crippen MR) is 78.7 cm³/mol. The van der Waals surface area contributed by atoms with E-state index in [1.807, 2.05) is 42.5 Å². The van der Waals surface area contributed by atoms with Gasteiger partial charge in [0.15, 0.2) is 0 Å². The van der Waals surface area contributed by atoms with Gasteiger partial charge in [-0.15, -0.1) is 0 Å². The first-order chi connectivity index (χ1) is 9.86. The zero-order valence-electron chi connectivity index (χ0n) is 11.0. The highest BCUT2D eigenvalue weighted by Gasteiger charge is 1.96. The van der Waals surface area contributed by atoms with Gasteiger partial charge in [0.2, 0.25) is 0 Å². The van der Waals surface area contributed by atoms with Gasteiger partial charge in [0.25, 0.3) is 0 Å². The Labute approximate surface area is 115 Å². The van der Waals surface area contributed by atoms with Crippen LogP contribution in [0, 0.1) is 0 Å². The molecule has 2 aromatic carbocycles. The fourth-order valence-electron chi connectivity index (χ4n) is 1.92. The highest BCUT2D eigenvalue weighted by molar-refractivity contribution is 5.76. The van der Waals surface area contributed by atoms with E-state index in [-0.39, 0.29) is 0 Å². The minimum atomic E-state index is 0.849. The lowest BCUT2D eigenvalue weighted by atomic mass is 10.3. The van der Waals surface area contributed by atoms with E-state index in [1.165, 1.54) is 0 Å². The number of H-pyrrole nitrogens is 2. The van der Waals surface area contributed by atoms with Crippen LogP contribution >= 0.6 is 0 Å². The number of aromatic nitrogens is 4. The average Bonchev–Trinajstić information content (AvgIpc) is 3.15. The Morgan fingerprint density at radius 3 is 2.30 bits per heavy atom. The minimum Gasteiger partial charge on any atom is -0.497 e. The van der Waals surface area contributed by atoms with Crippen LogP contribution in [-0.4, -0.2) is 27.0 Å². The van der Waals surface area contributed by atoms with Crippen molar-refractivity contribution in [3.05, 3.63) is 55.1 Å². The molecule has 4 rings (SSSR count). The van der Waals surface area contributed by atoms with E-state index >= 15 is 0 Å². The second-order valence-corrected chi connectivity index (χ2v) is 4.21. The van der Waals surface area contributed by atoms with Crippen molar-refractivity contribution in [3.8, 4) is 5.75 Å². The quantitative estimate of drug-likeness (QED) is 0.556. The van der Waals surface area contributed by atoms with E-state index in [9.17, 15) is 0 Å². The Bertz CT molecular complexity index is 788. The predicted octanol–water partition coefficient (Wildman–Crippen LogP) is 3.13. The average molecular weight is 266 g/mol. The van der Waals surface area contributed by atoms with Crippen LogP contribution in [0.3, 0.4) is 0 Å². The molecule has 0 fully saturated rings. The third kappa shape index (κ3) is 2.47. The van der Waals surface area contributed by atoms with E-state index < -0.39 is 0 Å². The van der Waals surface area contributed by atoms with Crippen molar-refractivity contribution < 1.29 is 4.74 Å². The second kappa shape index (κ2) is 5.44. The van der Waals surface area contributed by atoms with Gasteiger partial charge in [-0.25, -0.2) is 9.97 Å². The summed E-state index contributed by atoms with van der Waals surface area (Å²) in [6, 6.07) is 13.7. The second-order valence-electron chi connectivity index (χ2n) is 4.21. The summed E-state index contributed by atoms with van der Waals surface area (Å²) in [6.45, 7) is 0. The number of hydrogen-bond donors (Lipinski definition) is 2. The molecule has 0 saturated carbocycles. The highest BCUT2D eigenvalue weighted by Crippen LogP contribution is 2.16. The Hall–Kier alpha value is -2.82. The van der Waals surface area contributed by atoms with Gasteiger partial charge in [-0.1, -0.05) is 12.1 Å². The number of benzene rings is 2. The normalized spacial score (nSPS) is 10.2. The van der Waals surface area contributed by atoms with Gasteiger partial charge in [-0.3, -0.25) is 0 Å². The van der Waals surface area contributed by atoms with Crippen LogP contribution in [0.25, 0.3) is 22.1 Å². The summed E-state index contributed by atoms with van der Waals surface area (Å²) in [5, 5.41) is 0. The van der Waals surface area contributed by atoms with Crippen LogP contribution < -0.4 is 4.74 Å². The molecule has 0 saturated heterocycles. The van der Waals surface area contributed by atoms with Gasteiger partial charge in [-0.2, -0.15) is 0 Å². The molecule has 4 aromatic rings. The Balaban J connectivity index is 0.000000123. The Morgan fingerprint density at radius 2 is 1.55 bits per heavy atom. The topological polar surface area (TPSA) is 66.6 Å². The first kappa shape index (κ1) is 12.2. The summed E-state index contributed by atoms with van der Waals surface area (Å²) in [4.78, 5) is 14.2. The summed E-state index contributed by atoms with van der Waals surface area (Å²) >= 11 is 0. The van der Waals surface area contributed by atoms with Gasteiger partial charge >= 0.3 is 0 Å². The zero-order chi connectivity index (χ0) is 13.8. The van der Waals surface area contributed by atoms with Crippen molar-refractivity contribution in [2.24, 2.45) is 0 Å². The highest BCUT2D eigenvalue weighted by atomic mass is 16.5. The molecule has 20 heavy (non-hydrogen) atoms. The van der Waals surface area contributed by atoms with Gasteiger partial charge in [-0.05, 0) is 24.3 Å². The maximum absolute atomic E-state index is 5.04. The Kier molecular flexibility index (Phi) is 3.33. The molecule has 0 unspecified atom stereocenters. The fraction of sp³-hybridized carbons (Fsp3) is 0.0667. The van der Waals surface area contributed by atoms with Crippen molar-refractivity contribution in [1.82, 2.24) is 19.9 Å². The summed E-state index contributed by atoms with van der Waals surface area (Å²) in [5.41, 5.74) is 4.09. The Morgan fingerprint density at radius 1 is 0.850 bits per heavy atom. The van der Waals surface area contributed by atoms with Crippen molar-refractivity contribution in [2.75, 3.05) is 7.11 Å². The van der Waals surface area contributed by atoms with Crippen molar-refractivity contribution in [3.63, 3.8) is 0 Å². The fourth-order valence-corrected chi connectivity index (χ4v) is 1.92. The molecular weight excluding hydrogens is 252 g/mol. The first-order valence-electron chi connectivity index (χ1n) is 6.22. The molecule has 2 N–H and O–H groups in total. The van der Waals surface area contributed by atoms with Gasteiger partial charge in [0.05, 0.1) is 41.8 Å². The van der Waals surface area contributed by atoms with E-state index in [2.05, 4.69) is 19.9 Å². The molecule has 2 heterocycles. The van der Waals surface area contributed by atoms with Gasteiger partial charge in [0.1, 0.15) is 5.75 Å². The number of nitrogens with zero attached hydrogens (tertiary/aromatic N) is 2. The number of hydrogen-bond acceptors (Lipinski definition) is 3. The molecule has 5 nitrogen and oxygen atoms in total. The molecule has 0 amide bonds. The van der Waals surface area contributed by atoms with E-state index in [0.29, 0.717) is 0 Å². The molecular formula is C15H14N4O. The van der Waals surface area contributed by atoms with Gasteiger partial charge < -0.3 is 14.7 Å². The molecule has 5 heteroatoms. The van der Waals surface area contributed by atoms with Crippen molar-refractivity contribution >= 4 is 22.1 Å². The number of ether oxygens (including phenoxy) is 1. The third-order valence-corrected chi connectivity index (χ3v) is 2.96. The molecule has 0 radical (unpaired) electrons. The first-order valence-corrected chi connectivity index (χ1v) is 6.22. The lowest BCUT2D eigenvalue weighted by Crippen LogP contribution is -1.80. The van der Waals surface area contributed by atoms with E-state index in [4.69, 9.17) is 4.74 Å². The van der Waals surface area contributed by atoms with E-state index in [0.717, 1.165) is 27.8 Å². The zero-order valence-corrected chi connectivity index (χ0v) is 11.0. The molecule has 2 aromatic heterocycles. The van der Waals surface area contributed by atoms with Crippen molar-refractivity contribution in [2.45, 2.75) is 0 Å². The summed E-state index contributed by atoms with van der Waals surface area (Å²) < 4.78 is 5.04. The van der Waals surface area contributed by atoms with Crippen LogP contribution in [0.15, 0.2) is 55.1 Å². The van der Waals surface area contributed by atoms with Gasteiger partial charge in [0, 0.05) is 6.07 Å². The SMILES string of the molecule is COc1ccc2nc[nH]c2c1.c1ccc2[nH]cnc2c1. The number of para-hydroxylation sites is 2. The third-order valence-electron chi connectivity index (χ3n) is 2.96. The smallest absolute Gasteiger partial charge is 0.121 e. The summed E-state index contributed by atoms with van der Waals surface area (Å²) in [7, 11) is 1.65. The number of methoxy groups -OCH3 is 1. The van der Waals surface area contributed by atoms with Crippen LogP contribution in [0.2, 0.25) is 0 Å². The van der Waals surface area contributed by atoms with E-state index in [1.54, 1.807) is 19.8 Å². The molecule has 0 aliphatic rings. The minimum absolute atomic E-state index is 0.849. The van der Waals surface area contributed by atoms with Crippen LogP contribution in [0.5, 0.6) is 5.75 Å².